The van der Waals surface area contributed by atoms with Gasteiger partial charge in [0.2, 0.25) is 0 Å². The van der Waals surface area contributed by atoms with E-state index >= 15 is 0 Å². The lowest BCUT2D eigenvalue weighted by atomic mass is 10.1. The predicted molar refractivity (Wildman–Crippen MR) is 110 cm³/mol. The molecule has 0 aliphatic heterocycles. The van der Waals surface area contributed by atoms with Crippen LogP contribution in [0.3, 0.4) is 0 Å². The number of nitrogens with zero attached hydrogens (tertiary/aromatic N) is 1. The molecule has 3 rings (SSSR count). The summed E-state index contributed by atoms with van der Waals surface area (Å²) in [5.41, 5.74) is 1.30. The number of hydrogen-bond donors (Lipinski definition) is 0. The molecular formula is C24H20FNO4. The van der Waals surface area contributed by atoms with Crippen molar-refractivity contribution in [2.75, 3.05) is 0 Å². The van der Waals surface area contributed by atoms with Gasteiger partial charge < -0.3 is 9.47 Å². The quantitative estimate of drug-likeness (QED) is 0.399. The first-order chi connectivity index (χ1) is 14.5. The molecule has 0 bridgehead atoms. The maximum Gasteiger partial charge on any atom is 0.331 e. The fourth-order valence-corrected chi connectivity index (χ4v) is 2.62. The number of pyridine rings is 1. The van der Waals surface area contributed by atoms with E-state index in [1.807, 2.05) is 30.3 Å². The number of carbonyl (C=O) groups is 2. The first kappa shape index (κ1) is 20.9. The molecule has 1 heterocycles. The first-order valence-corrected chi connectivity index (χ1v) is 9.34. The number of Topliss-reactive ketones (excluding diaryl/α,β-unsaturated/α-hetero) is 1. The number of halogens is 1. The zero-order valence-electron chi connectivity index (χ0n) is 16.3. The lowest BCUT2D eigenvalue weighted by Gasteiger charge is -2.10. The summed E-state index contributed by atoms with van der Waals surface area (Å²) in [6.07, 6.45) is 4.93. The number of esters is 1. The summed E-state index contributed by atoms with van der Waals surface area (Å²) in [4.78, 5) is 28.1. The van der Waals surface area contributed by atoms with Crippen molar-refractivity contribution in [3.63, 3.8) is 0 Å². The van der Waals surface area contributed by atoms with E-state index in [1.165, 1.54) is 31.3 Å². The van der Waals surface area contributed by atoms with Crippen LogP contribution in [0.25, 0.3) is 6.08 Å². The molecule has 5 nitrogen and oxygen atoms in total. The van der Waals surface area contributed by atoms with Crippen LogP contribution in [0.2, 0.25) is 0 Å². The highest BCUT2D eigenvalue weighted by Gasteiger charge is 2.16. The van der Waals surface area contributed by atoms with E-state index in [9.17, 15) is 14.0 Å². The Kier molecular flexibility index (Phi) is 7.05. The van der Waals surface area contributed by atoms with Crippen molar-refractivity contribution in [1.29, 1.82) is 0 Å². The predicted octanol–water partition coefficient (Wildman–Crippen LogP) is 4.77. The van der Waals surface area contributed by atoms with Crippen LogP contribution in [-0.4, -0.2) is 22.8 Å². The molecule has 6 heteroatoms. The summed E-state index contributed by atoms with van der Waals surface area (Å²) < 4.78 is 24.8. The Morgan fingerprint density at radius 2 is 1.90 bits per heavy atom. The molecule has 0 saturated heterocycles. The van der Waals surface area contributed by atoms with Gasteiger partial charge >= 0.3 is 5.97 Å². The van der Waals surface area contributed by atoms with E-state index in [0.717, 1.165) is 11.6 Å². The van der Waals surface area contributed by atoms with Gasteiger partial charge in [0.15, 0.2) is 23.5 Å². The minimum Gasteiger partial charge on any atom is -0.453 e. The molecule has 3 aromatic rings. The van der Waals surface area contributed by atoms with Crippen molar-refractivity contribution in [3.05, 3.63) is 96.1 Å². The number of carbonyl (C=O) groups excluding carboxylic acids is 2. The molecule has 30 heavy (non-hydrogen) atoms. The Bertz CT molecular complexity index is 1040. The minimum atomic E-state index is -0.880. The van der Waals surface area contributed by atoms with E-state index in [1.54, 1.807) is 24.4 Å². The summed E-state index contributed by atoms with van der Waals surface area (Å²) in [5, 5.41) is 0. The molecule has 0 saturated carbocycles. The number of hydrogen-bond acceptors (Lipinski definition) is 5. The number of ketones is 1. The number of benzene rings is 2. The maximum atomic E-state index is 14.2. The number of aromatic nitrogens is 1. The van der Waals surface area contributed by atoms with Crippen molar-refractivity contribution in [3.8, 4) is 11.5 Å². The Labute approximate surface area is 173 Å². The van der Waals surface area contributed by atoms with Crippen molar-refractivity contribution in [1.82, 2.24) is 4.98 Å². The van der Waals surface area contributed by atoms with E-state index in [2.05, 4.69) is 4.98 Å². The minimum absolute atomic E-state index is 0.0443. The molecule has 0 fully saturated rings. The number of rotatable bonds is 8. The Morgan fingerprint density at radius 3 is 2.60 bits per heavy atom. The molecular weight excluding hydrogens is 385 g/mol. The van der Waals surface area contributed by atoms with Gasteiger partial charge in [0.25, 0.3) is 0 Å². The summed E-state index contributed by atoms with van der Waals surface area (Å²) in [7, 11) is 0. The lowest BCUT2D eigenvalue weighted by molar-refractivity contribution is -0.149. The average molecular weight is 405 g/mol. The summed E-state index contributed by atoms with van der Waals surface area (Å²) in [6, 6.07) is 16.9. The highest BCUT2D eigenvalue weighted by molar-refractivity contribution is 5.91. The highest BCUT2D eigenvalue weighted by atomic mass is 19.1. The van der Waals surface area contributed by atoms with Crippen LogP contribution in [0.1, 0.15) is 18.1 Å². The SMILES string of the molecule is CC(OC(=O)/C=C/c1ccc(Oc2cccnc2)c(F)c1)C(=O)Cc1ccccc1. The molecule has 0 amide bonds. The van der Waals surface area contributed by atoms with Crippen molar-refractivity contribution in [2.45, 2.75) is 19.4 Å². The lowest BCUT2D eigenvalue weighted by Crippen LogP contribution is -2.24. The molecule has 0 aliphatic rings. The average Bonchev–Trinajstić information content (AvgIpc) is 2.75. The summed E-state index contributed by atoms with van der Waals surface area (Å²) in [6.45, 7) is 1.53. The van der Waals surface area contributed by atoms with Gasteiger partial charge in [-0.05, 0) is 48.4 Å². The second-order valence-electron chi connectivity index (χ2n) is 6.52. The highest BCUT2D eigenvalue weighted by Crippen LogP contribution is 2.24. The van der Waals surface area contributed by atoms with Gasteiger partial charge in [0.05, 0.1) is 6.20 Å². The normalized spacial score (nSPS) is 11.8. The standard InChI is InChI=1S/C24H20FNO4/c1-17(22(27)15-18-6-3-2-4-7-18)29-24(28)12-10-19-9-11-23(21(25)14-19)30-20-8-5-13-26-16-20/h2-14,16-17H,15H2,1H3/b12-10+. The van der Waals surface area contributed by atoms with E-state index in [4.69, 9.17) is 9.47 Å². The van der Waals surface area contributed by atoms with Crippen LogP contribution in [0, 0.1) is 5.82 Å². The third-order valence-corrected chi connectivity index (χ3v) is 4.20. The van der Waals surface area contributed by atoms with E-state index in [0.29, 0.717) is 11.3 Å². The molecule has 0 radical (unpaired) electrons. The number of ether oxygens (including phenoxy) is 2. The second kappa shape index (κ2) is 10.1. The molecule has 152 valence electrons. The molecule has 0 N–H and O–H groups in total. The van der Waals surface area contributed by atoms with Crippen molar-refractivity contribution < 1.29 is 23.5 Å². The largest absolute Gasteiger partial charge is 0.453 e. The molecule has 2 aromatic carbocycles. The third kappa shape index (κ3) is 6.10. The van der Waals surface area contributed by atoms with Gasteiger partial charge in [0, 0.05) is 18.7 Å². The first-order valence-electron chi connectivity index (χ1n) is 9.34. The van der Waals surface area contributed by atoms with Gasteiger partial charge in [-0.3, -0.25) is 9.78 Å². The van der Waals surface area contributed by atoms with E-state index < -0.39 is 17.9 Å². The topological polar surface area (TPSA) is 65.5 Å². The van der Waals surface area contributed by atoms with Crippen LogP contribution in [0.15, 0.2) is 79.1 Å². The van der Waals surface area contributed by atoms with Crippen LogP contribution < -0.4 is 4.74 Å². The fraction of sp³-hybridized carbons (Fsp3) is 0.125. The zero-order chi connectivity index (χ0) is 21.3. The Balaban J connectivity index is 1.55. The van der Waals surface area contributed by atoms with Gasteiger partial charge in [-0.25, -0.2) is 9.18 Å². The van der Waals surface area contributed by atoms with Crippen LogP contribution in [0.5, 0.6) is 11.5 Å². The summed E-state index contributed by atoms with van der Waals surface area (Å²) in [5.74, 6) is -1.01. The maximum absolute atomic E-state index is 14.2. The molecule has 1 unspecified atom stereocenters. The van der Waals surface area contributed by atoms with Gasteiger partial charge in [-0.15, -0.1) is 0 Å². The van der Waals surface area contributed by atoms with Gasteiger partial charge in [-0.1, -0.05) is 36.4 Å². The van der Waals surface area contributed by atoms with Crippen LogP contribution in [0.4, 0.5) is 4.39 Å². The molecule has 1 atom stereocenters. The van der Waals surface area contributed by atoms with Crippen molar-refractivity contribution >= 4 is 17.8 Å². The summed E-state index contributed by atoms with van der Waals surface area (Å²) >= 11 is 0. The third-order valence-electron chi connectivity index (χ3n) is 4.20. The molecule has 1 aromatic heterocycles. The van der Waals surface area contributed by atoms with Crippen molar-refractivity contribution in [2.24, 2.45) is 0 Å². The second-order valence-corrected chi connectivity index (χ2v) is 6.52. The monoisotopic (exact) mass is 405 g/mol. The van der Waals surface area contributed by atoms with Gasteiger partial charge in [0.1, 0.15) is 5.75 Å². The van der Waals surface area contributed by atoms with Gasteiger partial charge in [-0.2, -0.15) is 0 Å². The Hall–Kier alpha value is -3.80. The smallest absolute Gasteiger partial charge is 0.331 e. The zero-order valence-corrected chi connectivity index (χ0v) is 16.3. The molecule has 0 aliphatic carbocycles. The fourth-order valence-electron chi connectivity index (χ4n) is 2.62. The molecule has 0 spiro atoms. The Morgan fingerprint density at radius 1 is 1.10 bits per heavy atom. The van der Waals surface area contributed by atoms with Crippen LogP contribution in [-0.2, 0) is 20.7 Å². The van der Waals surface area contributed by atoms with Crippen LogP contribution >= 0.6 is 0 Å². The van der Waals surface area contributed by atoms with E-state index in [-0.39, 0.29) is 18.0 Å².